The Kier molecular flexibility index (Phi) is 4.09. The summed E-state index contributed by atoms with van der Waals surface area (Å²) in [4.78, 5) is 0. The summed E-state index contributed by atoms with van der Waals surface area (Å²) in [5.41, 5.74) is 0. The summed E-state index contributed by atoms with van der Waals surface area (Å²) in [6, 6.07) is 0. The summed E-state index contributed by atoms with van der Waals surface area (Å²) >= 11 is 0. The minimum atomic E-state index is 0.260. The highest BCUT2D eigenvalue weighted by Gasteiger charge is 2.05. The minimum Gasteiger partial charge on any atom is -0.378 e. The van der Waals surface area contributed by atoms with E-state index >= 15 is 0 Å². The predicted molar refractivity (Wildman–Crippen MR) is 52.1 cm³/mol. The van der Waals surface area contributed by atoms with Crippen LogP contribution < -0.4 is 0 Å². The SMILES string of the molecule is COC(C)C=CC1CC=CCC1. The second-order valence-corrected chi connectivity index (χ2v) is 3.37. The van der Waals surface area contributed by atoms with Crippen LogP contribution in [0.4, 0.5) is 0 Å². The zero-order valence-corrected chi connectivity index (χ0v) is 7.99. The predicted octanol–water partition coefficient (Wildman–Crippen LogP) is 2.93. The molecule has 1 nitrogen and oxygen atoms in total. The molecule has 0 fully saturated rings. The third-order valence-electron chi connectivity index (χ3n) is 2.34. The van der Waals surface area contributed by atoms with Crippen LogP contribution in [0, 0.1) is 5.92 Å². The molecular weight excluding hydrogens is 148 g/mol. The molecule has 0 spiro atoms. The molecule has 2 atom stereocenters. The Hall–Kier alpha value is -0.560. The van der Waals surface area contributed by atoms with E-state index in [1.807, 2.05) is 0 Å². The van der Waals surface area contributed by atoms with Crippen LogP contribution >= 0.6 is 0 Å². The Labute approximate surface area is 75.1 Å². The molecule has 1 aliphatic rings. The molecule has 0 saturated heterocycles. The molecule has 1 rings (SSSR count). The van der Waals surface area contributed by atoms with Crippen LogP contribution in [0.3, 0.4) is 0 Å². The lowest BCUT2D eigenvalue weighted by Gasteiger charge is -2.13. The monoisotopic (exact) mass is 166 g/mol. The Morgan fingerprint density at radius 2 is 2.33 bits per heavy atom. The number of hydrogen-bond donors (Lipinski definition) is 0. The van der Waals surface area contributed by atoms with E-state index in [0.29, 0.717) is 0 Å². The van der Waals surface area contributed by atoms with Crippen molar-refractivity contribution in [1.82, 2.24) is 0 Å². The number of hydrogen-bond acceptors (Lipinski definition) is 1. The molecule has 0 heterocycles. The van der Waals surface area contributed by atoms with Gasteiger partial charge in [-0.3, -0.25) is 0 Å². The van der Waals surface area contributed by atoms with E-state index in [2.05, 4.69) is 31.2 Å². The van der Waals surface area contributed by atoms with E-state index in [0.717, 1.165) is 5.92 Å². The summed E-state index contributed by atoms with van der Waals surface area (Å²) in [5.74, 6) is 0.743. The van der Waals surface area contributed by atoms with Crippen LogP contribution in [-0.4, -0.2) is 13.2 Å². The maximum Gasteiger partial charge on any atom is 0.0723 e. The van der Waals surface area contributed by atoms with Crippen molar-refractivity contribution in [2.24, 2.45) is 5.92 Å². The third-order valence-corrected chi connectivity index (χ3v) is 2.34. The fraction of sp³-hybridized carbons (Fsp3) is 0.636. The molecule has 0 saturated carbocycles. The van der Waals surface area contributed by atoms with Crippen LogP contribution in [0.15, 0.2) is 24.3 Å². The molecule has 68 valence electrons. The molecule has 0 amide bonds. The summed E-state index contributed by atoms with van der Waals surface area (Å²) in [6.07, 6.45) is 13.0. The molecule has 1 aliphatic carbocycles. The quantitative estimate of drug-likeness (QED) is 0.586. The van der Waals surface area contributed by atoms with Crippen LogP contribution in [0.25, 0.3) is 0 Å². The van der Waals surface area contributed by atoms with Crippen molar-refractivity contribution in [3.8, 4) is 0 Å². The average molecular weight is 166 g/mol. The van der Waals surface area contributed by atoms with Crippen LogP contribution in [0.2, 0.25) is 0 Å². The lowest BCUT2D eigenvalue weighted by atomic mass is 9.94. The number of allylic oxidation sites excluding steroid dienone is 3. The van der Waals surface area contributed by atoms with Gasteiger partial charge in [0.05, 0.1) is 6.10 Å². The maximum absolute atomic E-state index is 5.14. The Balaban J connectivity index is 2.29. The molecule has 2 unspecified atom stereocenters. The molecule has 0 aromatic rings. The van der Waals surface area contributed by atoms with Crippen LogP contribution in [0.5, 0.6) is 0 Å². The normalized spacial score (nSPS) is 26.3. The van der Waals surface area contributed by atoms with Gasteiger partial charge >= 0.3 is 0 Å². The van der Waals surface area contributed by atoms with Crippen LogP contribution in [0.1, 0.15) is 26.2 Å². The Morgan fingerprint density at radius 3 is 2.92 bits per heavy atom. The van der Waals surface area contributed by atoms with Gasteiger partial charge in [0.15, 0.2) is 0 Å². The van der Waals surface area contributed by atoms with Gasteiger partial charge in [-0.15, -0.1) is 0 Å². The first-order valence-corrected chi connectivity index (χ1v) is 4.69. The summed E-state index contributed by atoms with van der Waals surface area (Å²) in [5, 5.41) is 0. The molecule has 0 radical (unpaired) electrons. The van der Waals surface area contributed by atoms with Gasteiger partial charge in [0.25, 0.3) is 0 Å². The largest absolute Gasteiger partial charge is 0.378 e. The number of methoxy groups -OCH3 is 1. The Bertz CT molecular complexity index is 170. The van der Waals surface area contributed by atoms with Crippen molar-refractivity contribution in [3.05, 3.63) is 24.3 Å². The third kappa shape index (κ3) is 3.22. The average Bonchev–Trinajstić information content (AvgIpc) is 2.16. The molecule has 0 aromatic heterocycles. The smallest absolute Gasteiger partial charge is 0.0723 e. The van der Waals surface area contributed by atoms with E-state index in [1.54, 1.807) is 7.11 Å². The number of rotatable bonds is 3. The Morgan fingerprint density at radius 1 is 1.50 bits per heavy atom. The standard InChI is InChI=1S/C11H18O/c1-10(12-2)8-9-11-6-4-3-5-7-11/h3-4,8-11H,5-7H2,1-2H3. The zero-order chi connectivity index (χ0) is 8.81. The van der Waals surface area contributed by atoms with Crippen molar-refractivity contribution in [2.45, 2.75) is 32.3 Å². The van der Waals surface area contributed by atoms with Gasteiger partial charge in [-0.25, -0.2) is 0 Å². The fourth-order valence-corrected chi connectivity index (χ4v) is 1.38. The first-order valence-electron chi connectivity index (χ1n) is 4.69. The highest BCUT2D eigenvalue weighted by molar-refractivity contribution is 5.00. The van der Waals surface area contributed by atoms with Crippen molar-refractivity contribution >= 4 is 0 Å². The number of ether oxygens (including phenoxy) is 1. The van der Waals surface area contributed by atoms with E-state index in [-0.39, 0.29) is 6.10 Å². The fourth-order valence-electron chi connectivity index (χ4n) is 1.38. The van der Waals surface area contributed by atoms with E-state index < -0.39 is 0 Å². The van der Waals surface area contributed by atoms with Gasteiger partial charge in [-0.2, -0.15) is 0 Å². The first kappa shape index (κ1) is 9.53. The van der Waals surface area contributed by atoms with Gasteiger partial charge in [-0.1, -0.05) is 24.3 Å². The van der Waals surface area contributed by atoms with Crippen molar-refractivity contribution in [3.63, 3.8) is 0 Å². The second kappa shape index (κ2) is 5.15. The highest BCUT2D eigenvalue weighted by Crippen LogP contribution is 2.19. The van der Waals surface area contributed by atoms with E-state index in [1.165, 1.54) is 19.3 Å². The van der Waals surface area contributed by atoms with Crippen molar-refractivity contribution < 1.29 is 4.74 Å². The van der Waals surface area contributed by atoms with Gasteiger partial charge in [-0.05, 0) is 32.1 Å². The summed E-state index contributed by atoms with van der Waals surface area (Å²) < 4.78 is 5.14. The minimum absolute atomic E-state index is 0.260. The molecule has 0 bridgehead atoms. The van der Waals surface area contributed by atoms with Gasteiger partial charge in [0.1, 0.15) is 0 Å². The second-order valence-electron chi connectivity index (χ2n) is 3.37. The van der Waals surface area contributed by atoms with Crippen molar-refractivity contribution in [2.75, 3.05) is 7.11 Å². The summed E-state index contributed by atoms with van der Waals surface area (Å²) in [6.45, 7) is 2.06. The summed E-state index contributed by atoms with van der Waals surface area (Å²) in [7, 11) is 1.75. The maximum atomic E-state index is 5.14. The van der Waals surface area contributed by atoms with Crippen molar-refractivity contribution in [1.29, 1.82) is 0 Å². The van der Waals surface area contributed by atoms with Gasteiger partial charge in [0, 0.05) is 7.11 Å². The molecule has 0 aromatic carbocycles. The zero-order valence-electron chi connectivity index (χ0n) is 7.99. The highest BCUT2D eigenvalue weighted by atomic mass is 16.5. The van der Waals surface area contributed by atoms with Gasteiger partial charge < -0.3 is 4.74 Å². The molecular formula is C11H18O. The molecule has 12 heavy (non-hydrogen) atoms. The first-order chi connectivity index (χ1) is 5.83. The lowest BCUT2D eigenvalue weighted by molar-refractivity contribution is 0.155. The topological polar surface area (TPSA) is 9.23 Å². The lowest BCUT2D eigenvalue weighted by Crippen LogP contribution is -2.03. The van der Waals surface area contributed by atoms with E-state index in [9.17, 15) is 0 Å². The van der Waals surface area contributed by atoms with Gasteiger partial charge in [0.2, 0.25) is 0 Å². The van der Waals surface area contributed by atoms with Crippen LogP contribution in [-0.2, 0) is 4.74 Å². The molecule has 0 N–H and O–H groups in total. The molecule has 1 heteroatoms. The van der Waals surface area contributed by atoms with E-state index in [4.69, 9.17) is 4.74 Å². The molecule has 0 aliphatic heterocycles.